The van der Waals surface area contributed by atoms with Crippen LogP contribution in [-0.4, -0.2) is 35.4 Å². The molecule has 1 atom stereocenters. The second kappa shape index (κ2) is 6.07. The molecule has 1 amide bonds. The van der Waals surface area contributed by atoms with Crippen LogP contribution in [0.15, 0.2) is 18.2 Å². The number of hydrogen-bond donors (Lipinski definition) is 3. The number of fused-ring (bicyclic) bond motifs is 1. The third-order valence-corrected chi connectivity index (χ3v) is 4.40. The minimum absolute atomic E-state index is 0.0271. The molecule has 0 saturated carbocycles. The molecule has 0 saturated heterocycles. The number of benzene rings is 1. The summed E-state index contributed by atoms with van der Waals surface area (Å²) in [5.41, 5.74) is 0. The zero-order valence-corrected chi connectivity index (χ0v) is 12.0. The summed E-state index contributed by atoms with van der Waals surface area (Å²) in [7, 11) is 0. The van der Waals surface area contributed by atoms with Gasteiger partial charge in [-0.3, -0.25) is 4.79 Å². The summed E-state index contributed by atoms with van der Waals surface area (Å²) in [5, 5.41) is 22.1. The van der Waals surface area contributed by atoms with E-state index >= 15 is 0 Å². The molecule has 0 aliphatic heterocycles. The summed E-state index contributed by atoms with van der Waals surface area (Å²) in [6.07, 6.45) is -0.980. The molecule has 4 nitrogen and oxygen atoms in total. The van der Waals surface area contributed by atoms with E-state index in [2.05, 4.69) is 5.32 Å². The highest BCUT2D eigenvalue weighted by Crippen LogP contribution is 2.36. The van der Waals surface area contributed by atoms with E-state index in [4.69, 9.17) is 28.3 Å². The van der Waals surface area contributed by atoms with E-state index in [-0.39, 0.29) is 12.5 Å². The molecule has 19 heavy (non-hydrogen) atoms. The summed E-state index contributed by atoms with van der Waals surface area (Å²) in [6, 6.07) is 5.21. The average Bonchev–Trinajstić information content (AvgIpc) is 2.72. The van der Waals surface area contributed by atoms with Gasteiger partial charge in [0.1, 0.15) is 4.88 Å². The minimum atomic E-state index is -0.980. The fourth-order valence-corrected chi connectivity index (χ4v) is 3.25. The van der Waals surface area contributed by atoms with Crippen molar-refractivity contribution in [2.75, 3.05) is 13.2 Å². The van der Waals surface area contributed by atoms with Gasteiger partial charge in [0.2, 0.25) is 0 Å². The molecule has 102 valence electrons. The van der Waals surface area contributed by atoms with Gasteiger partial charge in [-0.25, -0.2) is 0 Å². The van der Waals surface area contributed by atoms with Gasteiger partial charge < -0.3 is 15.5 Å². The van der Waals surface area contributed by atoms with Gasteiger partial charge in [0, 0.05) is 21.7 Å². The standard InChI is InChI=1S/C12H11Cl2NO3S/c13-6-1-2-8-9(3-6)19-11(10(8)14)12(18)15-4-7(17)5-16/h1-3,7,16-17H,4-5H2,(H,15,18). The van der Waals surface area contributed by atoms with Crippen molar-refractivity contribution in [3.05, 3.63) is 33.1 Å². The number of rotatable bonds is 4. The second-order valence-corrected chi connectivity index (χ2v) is 5.80. The van der Waals surface area contributed by atoms with Crippen LogP contribution >= 0.6 is 34.5 Å². The van der Waals surface area contributed by atoms with Gasteiger partial charge in [0.05, 0.1) is 17.7 Å². The summed E-state index contributed by atoms with van der Waals surface area (Å²) in [5.74, 6) is -0.380. The van der Waals surface area contributed by atoms with Crippen molar-refractivity contribution >= 4 is 50.5 Å². The smallest absolute Gasteiger partial charge is 0.263 e. The molecule has 1 unspecified atom stereocenters. The Bertz CT molecular complexity index is 614. The molecule has 2 rings (SSSR count). The van der Waals surface area contributed by atoms with Crippen molar-refractivity contribution in [1.82, 2.24) is 5.32 Å². The highest BCUT2D eigenvalue weighted by atomic mass is 35.5. The lowest BCUT2D eigenvalue weighted by Gasteiger charge is -2.07. The summed E-state index contributed by atoms with van der Waals surface area (Å²) in [6.45, 7) is -0.434. The highest BCUT2D eigenvalue weighted by Gasteiger charge is 2.17. The predicted molar refractivity (Wildman–Crippen MR) is 77.3 cm³/mol. The molecule has 0 spiro atoms. The largest absolute Gasteiger partial charge is 0.394 e. The number of aliphatic hydroxyl groups is 2. The summed E-state index contributed by atoms with van der Waals surface area (Å²) >= 11 is 13.3. The molecular formula is C12H11Cl2NO3S. The molecule has 1 aromatic heterocycles. The number of nitrogens with one attached hydrogen (secondary N) is 1. The zero-order valence-electron chi connectivity index (χ0n) is 9.69. The zero-order chi connectivity index (χ0) is 14.0. The maximum Gasteiger partial charge on any atom is 0.263 e. The van der Waals surface area contributed by atoms with E-state index in [1.165, 1.54) is 11.3 Å². The van der Waals surface area contributed by atoms with E-state index in [0.717, 1.165) is 10.1 Å². The number of aliphatic hydroxyl groups excluding tert-OH is 2. The highest BCUT2D eigenvalue weighted by molar-refractivity contribution is 7.21. The van der Waals surface area contributed by atoms with E-state index < -0.39 is 12.7 Å². The van der Waals surface area contributed by atoms with Crippen LogP contribution in [0.3, 0.4) is 0 Å². The molecule has 1 heterocycles. The SMILES string of the molecule is O=C(NCC(O)CO)c1sc2cc(Cl)ccc2c1Cl. The third kappa shape index (κ3) is 3.19. The minimum Gasteiger partial charge on any atom is -0.394 e. The Kier molecular flexibility index (Phi) is 4.65. The van der Waals surface area contributed by atoms with Gasteiger partial charge in [0.25, 0.3) is 5.91 Å². The van der Waals surface area contributed by atoms with Gasteiger partial charge in [-0.15, -0.1) is 11.3 Å². The van der Waals surface area contributed by atoms with Crippen LogP contribution in [0.25, 0.3) is 10.1 Å². The Balaban J connectivity index is 2.25. The van der Waals surface area contributed by atoms with E-state index in [1.54, 1.807) is 18.2 Å². The topological polar surface area (TPSA) is 69.6 Å². The summed E-state index contributed by atoms with van der Waals surface area (Å²) in [4.78, 5) is 12.3. The molecule has 0 aliphatic rings. The van der Waals surface area contributed by atoms with Crippen LogP contribution in [0.5, 0.6) is 0 Å². The van der Waals surface area contributed by atoms with Gasteiger partial charge >= 0.3 is 0 Å². The van der Waals surface area contributed by atoms with Gasteiger partial charge in [0.15, 0.2) is 0 Å². The molecule has 0 aliphatic carbocycles. The molecule has 2 aromatic rings. The third-order valence-electron chi connectivity index (χ3n) is 2.51. The first-order chi connectivity index (χ1) is 9.02. The first-order valence-corrected chi connectivity index (χ1v) is 7.05. The fraction of sp³-hybridized carbons (Fsp3) is 0.250. The lowest BCUT2D eigenvalue weighted by molar-refractivity contribution is 0.0804. The molecule has 7 heteroatoms. The number of carbonyl (C=O) groups is 1. The Hall–Kier alpha value is -0.850. The van der Waals surface area contributed by atoms with Gasteiger partial charge in [-0.1, -0.05) is 29.3 Å². The van der Waals surface area contributed by atoms with Crippen molar-refractivity contribution in [2.24, 2.45) is 0 Å². The van der Waals surface area contributed by atoms with Crippen LogP contribution in [0, 0.1) is 0 Å². The van der Waals surface area contributed by atoms with E-state index in [1.807, 2.05) is 0 Å². The van der Waals surface area contributed by atoms with Crippen molar-refractivity contribution < 1.29 is 15.0 Å². The maximum absolute atomic E-state index is 11.9. The second-order valence-electron chi connectivity index (χ2n) is 3.93. The number of amides is 1. The van der Waals surface area contributed by atoms with Crippen molar-refractivity contribution in [3.8, 4) is 0 Å². The van der Waals surface area contributed by atoms with Crippen LogP contribution in [0.2, 0.25) is 10.0 Å². The van der Waals surface area contributed by atoms with Crippen molar-refractivity contribution in [3.63, 3.8) is 0 Å². The Morgan fingerprint density at radius 2 is 2.16 bits per heavy atom. The van der Waals surface area contributed by atoms with Crippen LogP contribution in [0.1, 0.15) is 9.67 Å². The number of hydrogen-bond acceptors (Lipinski definition) is 4. The van der Waals surface area contributed by atoms with Crippen molar-refractivity contribution in [1.29, 1.82) is 0 Å². The summed E-state index contributed by atoms with van der Waals surface area (Å²) < 4.78 is 0.824. The van der Waals surface area contributed by atoms with Crippen LogP contribution < -0.4 is 5.32 Å². The Morgan fingerprint density at radius 1 is 1.42 bits per heavy atom. The quantitative estimate of drug-likeness (QED) is 0.809. The molecule has 3 N–H and O–H groups in total. The normalized spacial score (nSPS) is 12.6. The molecule has 0 fully saturated rings. The van der Waals surface area contributed by atoms with E-state index in [9.17, 15) is 9.90 Å². The molecule has 0 radical (unpaired) electrons. The fourth-order valence-electron chi connectivity index (χ4n) is 1.54. The number of thiophene rings is 1. The first kappa shape index (κ1) is 14.6. The Morgan fingerprint density at radius 3 is 2.84 bits per heavy atom. The molecule has 0 bridgehead atoms. The van der Waals surface area contributed by atoms with E-state index in [0.29, 0.717) is 14.9 Å². The van der Waals surface area contributed by atoms with Crippen LogP contribution in [0.4, 0.5) is 0 Å². The lowest BCUT2D eigenvalue weighted by Crippen LogP contribution is -2.33. The predicted octanol–water partition coefficient (Wildman–Crippen LogP) is 2.29. The average molecular weight is 320 g/mol. The number of halogens is 2. The maximum atomic E-state index is 11.9. The van der Waals surface area contributed by atoms with Crippen molar-refractivity contribution in [2.45, 2.75) is 6.10 Å². The first-order valence-electron chi connectivity index (χ1n) is 5.47. The lowest BCUT2D eigenvalue weighted by atomic mass is 10.2. The Labute approximate surface area is 123 Å². The van der Waals surface area contributed by atoms with Gasteiger partial charge in [-0.2, -0.15) is 0 Å². The van der Waals surface area contributed by atoms with Crippen LogP contribution in [-0.2, 0) is 0 Å². The molecule has 1 aromatic carbocycles. The molecular weight excluding hydrogens is 309 g/mol. The number of carbonyl (C=O) groups excluding carboxylic acids is 1. The van der Waals surface area contributed by atoms with Gasteiger partial charge in [-0.05, 0) is 12.1 Å². The monoisotopic (exact) mass is 319 g/mol.